The van der Waals surface area contributed by atoms with Gasteiger partial charge in [0.05, 0.1) is 12.3 Å². The number of rotatable bonds is 8. The van der Waals surface area contributed by atoms with E-state index in [1.807, 2.05) is 36.4 Å². The van der Waals surface area contributed by atoms with E-state index in [2.05, 4.69) is 34.0 Å². The van der Waals surface area contributed by atoms with E-state index in [1.54, 1.807) is 18.7 Å². The van der Waals surface area contributed by atoms with Crippen LogP contribution in [-0.2, 0) is 0 Å². The van der Waals surface area contributed by atoms with Crippen molar-refractivity contribution in [3.05, 3.63) is 72.7 Å². The zero-order chi connectivity index (χ0) is 19.1. The Labute approximate surface area is 159 Å². The summed E-state index contributed by atoms with van der Waals surface area (Å²) in [5.41, 5.74) is 2.51. The minimum Gasteiger partial charge on any atom is -0.468 e. The van der Waals surface area contributed by atoms with E-state index in [0.717, 1.165) is 30.0 Å². The van der Waals surface area contributed by atoms with Crippen LogP contribution in [0.4, 0.5) is 0 Å². The fraction of sp³-hybridized carbons (Fsp3) is 0.286. The Morgan fingerprint density at radius 1 is 1.07 bits per heavy atom. The molecule has 0 saturated heterocycles. The van der Waals surface area contributed by atoms with Gasteiger partial charge in [-0.2, -0.15) is 0 Å². The van der Waals surface area contributed by atoms with Gasteiger partial charge in [-0.15, -0.1) is 0 Å². The Morgan fingerprint density at radius 3 is 2.37 bits per heavy atom. The average Bonchev–Trinajstić information content (AvgIpc) is 3.26. The molecule has 0 aliphatic heterocycles. The van der Waals surface area contributed by atoms with Crippen LogP contribution in [0, 0.1) is 0 Å². The fourth-order valence-electron chi connectivity index (χ4n) is 3.11. The summed E-state index contributed by atoms with van der Waals surface area (Å²) in [6, 6.07) is 11.3. The number of carbonyl (C=O) groups excluding carboxylic acids is 1. The molecule has 0 bridgehead atoms. The van der Waals surface area contributed by atoms with Crippen molar-refractivity contribution in [2.45, 2.75) is 19.9 Å². The van der Waals surface area contributed by atoms with Crippen LogP contribution in [0.2, 0.25) is 0 Å². The molecule has 0 fully saturated rings. The van der Waals surface area contributed by atoms with Crippen LogP contribution in [0.3, 0.4) is 0 Å². The molecule has 0 radical (unpaired) electrons. The molecule has 3 aromatic rings. The third-order valence-corrected chi connectivity index (χ3v) is 4.62. The number of nitrogens with one attached hydrogen (secondary N) is 1. The van der Waals surface area contributed by atoms with Gasteiger partial charge in [-0.05, 0) is 42.9 Å². The highest BCUT2D eigenvalue weighted by atomic mass is 16.3. The molecule has 3 rings (SSSR count). The zero-order valence-corrected chi connectivity index (χ0v) is 15.6. The minimum atomic E-state index is -0.102. The first-order valence-electron chi connectivity index (χ1n) is 9.14. The molecule has 0 unspecified atom stereocenters. The van der Waals surface area contributed by atoms with Crippen LogP contribution in [0.25, 0.3) is 11.1 Å². The number of benzene rings is 1. The maximum atomic E-state index is 12.6. The normalized spacial score (nSPS) is 12.1. The third kappa shape index (κ3) is 4.60. The highest BCUT2D eigenvalue weighted by Crippen LogP contribution is 2.21. The van der Waals surface area contributed by atoms with Gasteiger partial charge in [0.25, 0.3) is 5.91 Å². The van der Waals surface area contributed by atoms with Crippen LogP contribution in [0.5, 0.6) is 0 Å². The molecule has 1 N–H and O–H groups in total. The van der Waals surface area contributed by atoms with E-state index in [9.17, 15) is 4.79 Å². The lowest BCUT2D eigenvalue weighted by atomic mass is 10.1. The Hall–Kier alpha value is -2.99. The molecule has 140 valence electrons. The molecule has 0 spiro atoms. The largest absolute Gasteiger partial charge is 0.468 e. The number of hydrogen-bond acceptors (Lipinski definition) is 5. The molecule has 6 heteroatoms. The monoisotopic (exact) mass is 364 g/mol. The lowest BCUT2D eigenvalue weighted by molar-refractivity contribution is 0.0929. The predicted octanol–water partition coefficient (Wildman–Crippen LogP) is 3.55. The average molecular weight is 364 g/mol. The number of furan rings is 1. The van der Waals surface area contributed by atoms with E-state index >= 15 is 0 Å². The van der Waals surface area contributed by atoms with E-state index in [4.69, 9.17) is 4.42 Å². The standard InChI is InChI=1S/C21H24N4O2/c1-3-25(4-2)19(20-6-5-11-27-20)14-24-21(26)17-9-7-16(8-10-17)18-12-22-15-23-13-18/h5-13,15,19H,3-4,14H2,1-2H3,(H,24,26)/t19-/m1/s1. The second-order valence-corrected chi connectivity index (χ2v) is 6.17. The van der Waals surface area contributed by atoms with Crippen molar-refractivity contribution in [3.63, 3.8) is 0 Å². The van der Waals surface area contributed by atoms with Gasteiger partial charge in [0.1, 0.15) is 12.1 Å². The molecule has 0 saturated carbocycles. The second kappa shape index (κ2) is 9.09. The van der Waals surface area contributed by atoms with Gasteiger partial charge in [-0.25, -0.2) is 9.97 Å². The van der Waals surface area contributed by atoms with Crippen LogP contribution < -0.4 is 5.32 Å². The van der Waals surface area contributed by atoms with E-state index in [0.29, 0.717) is 12.1 Å². The predicted molar refractivity (Wildman–Crippen MR) is 104 cm³/mol. The molecule has 27 heavy (non-hydrogen) atoms. The van der Waals surface area contributed by atoms with Crippen molar-refractivity contribution in [1.29, 1.82) is 0 Å². The third-order valence-electron chi connectivity index (χ3n) is 4.62. The Bertz CT molecular complexity index is 828. The Kier molecular flexibility index (Phi) is 6.33. The topological polar surface area (TPSA) is 71.3 Å². The molecule has 6 nitrogen and oxygen atoms in total. The Morgan fingerprint density at radius 2 is 1.78 bits per heavy atom. The minimum absolute atomic E-state index is 0.0136. The van der Waals surface area contributed by atoms with Crippen molar-refractivity contribution in [2.75, 3.05) is 19.6 Å². The van der Waals surface area contributed by atoms with Gasteiger partial charge >= 0.3 is 0 Å². The maximum Gasteiger partial charge on any atom is 0.251 e. The molecule has 1 aromatic carbocycles. The van der Waals surface area contributed by atoms with E-state index in [-0.39, 0.29) is 11.9 Å². The maximum absolute atomic E-state index is 12.6. The van der Waals surface area contributed by atoms with Gasteiger partial charge in [-0.1, -0.05) is 26.0 Å². The molecule has 0 aliphatic carbocycles. The second-order valence-electron chi connectivity index (χ2n) is 6.17. The number of nitrogens with zero attached hydrogens (tertiary/aromatic N) is 3. The molecule has 2 aromatic heterocycles. The molecular formula is C21H24N4O2. The summed E-state index contributed by atoms with van der Waals surface area (Å²) in [5.74, 6) is 0.757. The number of aromatic nitrogens is 2. The summed E-state index contributed by atoms with van der Waals surface area (Å²) < 4.78 is 5.58. The van der Waals surface area contributed by atoms with Gasteiger partial charge in [0.15, 0.2) is 0 Å². The SMILES string of the molecule is CCN(CC)[C@H](CNC(=O)c1ccc(-c2cncnc2)cc1)c1ccco1. The highest BCUT2D eigenvalue weighted by molar-refractivity contribution is 5.94. The van der Waals surface area contributed by atoms with Crippen molar-refractivity contribution < 1.29 is 9.21 Å². The summed E-state index contributed by atoms with van der Waals surface area (Å²) in [4.78, 5) is 22.9. The zero-order valence-electron chi connectivity index (χ0n) is 15.6. The smallest absolute Gasteiger partial charge is 0.251 e. The molecule has 2 heterocycles. The van der Waals surface area contributed by atoms with Crippen LogP contribution in [-0.4, -0.2) is 40.4 Å². The first-order chi connectivity index (χ1) is 13.2. The molecule has 1 atom stereocenters. The first-order valence-corrected chi connectivity index (χ1v) is 9.14. The van der Waals surface area contributed by atoms with Gasteiger partial charge in [-0.3, -0.25) is 9.69 Å². The first kappa shape index (κ1) is 18.8. The molecule has 1 amide bonds. The number of likely N-dealkylation sites (N-methyl/N-ethyl adjacent to an activating group) is 1. The van der Waals surface area contributed by atoms with Gasteiger partial charge in [0.2, 0.25) is 0 Å². The molecule has 0 aliphatic rings. The lowest BCUT2D eigenvalue weighted by Crippen LogP contribution is -2.37. The van der Waals surface area contributed by atoms with Crippen molar-refractivity contribution >= 4 is 5.91 Å². The summed E-state index contributed by atoms with van der Waals surface area (Å²) >= 11 is 0. The number of carbonyl (C=O) groups is 1. The van der Waals surface area contributed by atoms with Crippen LogP contribution >= 0.6 is 0 Å². The van der Waals surface area contributed by atoms with E-state index in [1.165, 1.54) is 6.33 Å². The van der Waals surface area contributed by atoms with Crippen molar-refractivity contribution in [1.82, 2.24) is 20.2 Å². The summed E-state index contributed by atoms with van der Waals surface area (Å²) in [5, 5.41) is 3.03. The van der Waals surface area contributed by atoms with Crippen LogP contribution in [0.15, 0.2) is 65.8 Å². The summed E-state index contributed by atoms with van der Waals surface area (Å²) in [6.45, 7) is 6.46. The fourth-order valence-corrected chi connectivity index (χ4v) is 3.11. The van der Waals surface area contributed by atoms with Gasteiger partial charge < -0.3 is 9.73 Å². The van der Waals surface area contributed by atoms with Crippen LogP contribution in [0.1, 0.15) is 36.0 Å². The summed E-state index contributed by atoms with van der Waals surface area (Å²) in [6.07, 6.45) is 6.66. The number of amides is 1. The van der Waals surface area contributed by atoms with E-state index < -0.39 is 0 Å². The quantitative estimate of drug-likeness (QED) is 0.662. The number of hydrogen-bond donors (Lipinski definition) is 1. The lowest BCUT2D eigenvalue weighted by Gasteiger charge is -2.28. The van der Waals surface area contributed by atoms with Crippen molar-refractivity contribution in [2.24, 2.45) is 0 Å². The Balaban J connectivity index is 1.67. The summed E-state index contributed by atoms with van der Waals surface area (Å²) in [7, 11) is 0. The van der Waals surface area contributed by atoms with Gasteiger partial charge in [0, 0.05) is 30.1 Å². The molecular weight excluding hydrogens is 340 g/mol. The highest BCUT2D eigenvalue weighted by Gasteiger charge is 2.21. The van der Waals surface area contributed by atoms with Crippen molar-refractivity contribution in [3.8, 4) is 11.1 Å².